The van der Waals surface area contributed by atoms with Crippen molar-refractivity contribution >= 4 is 34.8 Å². The number of methoxy groups -OCH3 is 4. The van der Waals surface area contributed by atoms with Crippen molar-refractivity contribution in [3.8, 4) is 23.0 Å². The van der Waals surface area contributed by atoms with Crippen molar-refractivity contribution in [3.05, 3.63) is 75.9 Å². The van der Waals surface area contributed by atoms with E-state index in [1.165, 1.54) is 6.08 Å². The summed E-state index contributed by atoms with van der Waals surface area (Å²) in [6, 6.07) is 7.73. The number of esters is 1. The maximum Gasteiger partial charge on any atom is 0.310 e. The number of benzene rings is 2. The third-order valence-electron chi connectivity index (χ3n) is 9.14. The molecule has 0 bridgehead atoms. The van der Waals surface area contributed by atoms with E-state index in [2.05, 4.69) is 13.5 Å². The Bertz CT molecular complexity index is 1640. The van der Waals surface area contributed by atoms with Crippen molar-refractivity contribution in [2.45, 2.75) is 85.5 Å². The largest absolute Gasteiger partial charge is 0.493 e. The van der Waals surface area contributed by atoms with E-state index in [9.17, 15) is 14.4 Å². The predicted octanol–water partition coefficient (Wildman–Crippen LogP) is 8.94. The molecule has 1 aliphatic rings. The van der Waals surface area contributed by atoms with E-state index >= 15 is 0 Å². The maximum absolute atomic E-state index is 13.4. The van der Waals surface area contributed by atoms with E-state index in [0.717, 1.165) is 78.3 Å². The topological polar surface area (TPSA) is 97.4 Å². The molecular weight excluding hydrogens is 620 g/mol. The van der Waals surface area contributed by atoms with Crippen LogP contribution in [0.3, 0.4) is 0 Å². The van der Waals surface area contributed by atoms with Crippen molar-refractivity contribution in [2.24, 2.45) is 0 Å². The fourth-order valence-electron chi connectivity index (χ4n) is 6.20. The fourth-order valence-corrected chi connectivity index (χ4v) is 6.20. The minimum Gasteiger partial charge on any atom is -0.493 e. The molecule has 264 valence electrons. The molecule has 0 spiro atoms. The number of hydrogen-bond donors (Lipinski definition) is 0. The summed E-state index contributed by atoms with van der Waals surface area (Å²) in [4.78, 5) is 38.0. The molecule has 8 heteroatoms. The third-order valence-corrected chi connectivity index (χ3v) is 9.14. The highest BCUT2D eigenvalue weighted by molar-refractivity contribution is 6.22. The average molecular weight is 673 g/mol. The summed E-state index contributed by atoms with van der Waals surface area (Å²) in [7, 11) is 6.40. The SMILES string of the molecule is C=Cc1c(/C(CC(=O)OCCCCCCCC2=CC(=O)C(C)=C(C)C2=O)=C(\C)c2cc(OC)c(OC)cc2CCC)ccc(OC)c1OC. The van der Waals surface area contributed by atoms with Crippen LogP contribution in [-0.4, -0.2) is 52.6 Å². The Balaban J connectivity index is 1.77. The van der Waals surface area contributed by atoms with Crippen LogP contribution >= 0.6 is 0 Å². The first-order valence-corrected chi connectivity index (χ1v) is 17.0. The normalized spacial score (nSPS) is 13.5. The number of unbranched alkanes of at least 4 members (excludes halogenated alkanes) is 4. The molecule has 0 atom stereocenters. The Morgan fingerprint density at radius 1 is 0.796 bits per heavy atom. The Labute approximate surface area is 291 Å². The Morgan fingerprint density at radius 3 is 2.08 bits per heavy atom. The first-order chi connectivity index (χ1) is 23.6. The van der Waals surface area contributed by atoms with Crippen LogP contribution in [0.4, 0.5) is 0 Å². The van der Waals surface area contributed by atoms with Gasteiger partial charge in [-0.3, -0.25) is 14.4 Å². The van der Waals surface area contributed by atoms with Gasteiger partial charge in [-0.1, -0.05) is 51.3 Å². The van der Waals surface area contributed by atoms with Crippen molar-refractivity contribution in [1.29, 1.82) is 0 Å². The molecule has 0 amide bonds. The number of carbonyl (C=O) groups excluding carboxylic acids is 3. The van der Waals surface area contributed by atoms with E-state index in [-0.39, 0.29) is 24.0 Å². The van der Waals surface area contributed by atoms with Crippen LogP contribution in [0.1, 0.15) is 101 Å². The maximum atomic E-state index is 13.4. The van der Waals surface area contributed by atoms with Crippen LogP contribution < -0.4 is 18.9 Å². The standard InChI is InChI=1S/C41H52O8/c1-10-17-29-23-37(46-7)38(47-8)24-33(29)28(5)34(32-19-20-36(45-6)41(48-9)31(32)11-2)25-39(43)49-21-16-14-12-13-15-18-30-22-35(42)26(3)27(4)40(30)44/h11,19-20,22-24H,2,10,12-18,21,25H2,1,3-9H3/b34-28+. The quantitative estimate of drug-likeness (QED) is 0.0632. The molecular formula is C41H52O8. The van der Waals surface area contributed by atoms with Gasteiger partial charge in [-0.05, 0) is 98.6 Å². The zero-order chi connectivity index (χ0) is 36.1. The smallest absolute Gasteiger partial charge is 0.310 e. The van der Waals surface area contributed by atoms with Gasteiger partial charge < -0.3 is 23.7 Å². The van der Waals surface area contributed by atoms with E-state index in [4.69, 9.17) is 23.7 Å². The summed E-state index contributed by atoms with van der Waals surface area (Å²) >= 11 is 0. The molecule has 0 saturated heterocycles. The highest BCUT2D eigenvalue weighted by Gasteiger charge is 2.24. The second-order valence-corrected chi connectivity index (χ2v) is 12.2. The molecule has 0 fully saturated rings. The van der Waals surface area contributed by atoms with Gasteiger partial charge >= 0.3 is 5.97 Å². The molecule has 0 aliphatic heterocycles. The zero-order valence-electron chi connectivity index (χ0n) is 30.5. The summed E-state index contributed by atoms with van der Waals surface area (Å²) in [5, 5.41) is 0. The van der Waals surface area contributed by atoms with Gasteiger partial charge in [-0.15, -0.1) is 0 Å². The average Bonchev–Trinajstić information content (AvgIpc) is 3.11. The lowest BCUT2D eigenvalue weighted by molar-refractivity contribution is -0.142. The number of aryl methyl sites for hydroxylation is 1. The van der Waals surface area contributed by atoms with E-state index in [1.54, 1.807) is 48.4 Å². The van der Waals surface area contributed by atoms with Crippen molar-refractivity contribution in [1.82, 2.24) is 0 Å². The van der Waals surface area contributed by atoms with Gasteiger partial charge in [0.2, 0.25) is 0 Å². The van der Waals surface area contributed by atoms with Gasteiger partial charge in [0, 0.05) is 22.3 Å². The highest BCUT2D eigenvalue weighted by Crippen LogP contribution is 2.42. The minimum atomic E-state index is -0.331. The minimum absolute atomic E-state index is 0.0197. The van der Waals surface area contributed by atoms with Crippen LogP contribution in [0.5, 0.6) is 23.0 Å². The lowest BCUT2D eigenvalue weighted by Crippen LogP contribution is -2.16. The van der Waals surface area contributed by atoms with E-state index in [0.29, 0.717) is 52.7 Å². The molecule has 2 aromatic carbocycles. The van der Waals surface area contributed by atoms with Gasteiger partial charge in [0.15, 0.2) is 34.6 Å². The number of allylic oxidation sites excluding steroid dienone is 5. The highest BCUT2D eigenvalue weighted by atomic mass is 16.5. The lowest BCUT2D eigenvalue weighted by atomic mass is 9.87. The summed E-state index contributed by atoms with van der Waals surface area (Å²) in [6.45, 7) is 11.9. The fraction of sp³-hybridized carbons (Fsp3) is 0.439. The van der Waals surface area contributed by atoms with Gasteiger partial charge in [0.25, 0.3) is 0 Å². The van der Waals surface area contributed by atoms with Crippen LogP contribution in [0.2, 0.25) is 0 Å². The number of ketones is 2. The molecule has 1 aliphatic carbocycles. The van der Waals surface area contributed by atoms with Crippen LogP contribution in [-0.2, 0) is 25.5 Å². The summed E-state index contributed by atoms with van der Waals surface area (Å²) in [5.41, 5.74) is 6.95. The number of rotatable bonds is 19. The van der Waals surface area contributed by atoms with Crippen molar-refractivity contribution in [3.63, 3.8) is 0 Å². The Morgan fingerprint density at radius 2 is 1.45 bits per heavy atom. The van der Waals surface area contributed by atoms with Crippen LogP contribution in [0, 0.1) is 0 Å². The molecule has 8 nitrogen and oxygen atoms in total. The molecule has 2 aromatic rings. The van der Waals surface area contributed by atoms with Gasteiger partial charge in [0.05, 0.1) is 41.5 Å². The molecule has 0 saturated carbocycles. The summed E-state index contributed by atoms with van der Waals surface area (Å²) in [6.07, 6.45) is 9.90. The summed E-state index contributed by atoms with van der Waals surface area (Å²) in [5.74, 6) is 1.93. The first kappa shape index (κ1) is 38.9. The number of hydrogen-bond acceptors (Lipinski definition) is 8. The molecule has 0 N–H and O–H groups in total. The number of Topliss-reactive ketones (excluding diaryl/α,β-unsaturated/α-hetero) is 1. The van der Waals surface area contributed by atoms with Gasteiger partial charge in [0.1, 0.15) is 0 Å². The van der Waals surface area contributed by atoms with E-state index < -0.39 is 0 Å². The molecule has 49 heavy (non-hydrogen) atoms. The zero-order valence-corrected chi connectivity index (χ0v) is 30.5. The summed E-state index contributed by atoms with van der Waals surface area (Å²) < 4.78 is 28.3. The van der Waals surface area contributed by atoms with Crippen LogP contribution in [0.15, 0.2) is 53.6 Å². The molecule has 0 unspecified atom stereocenters. The monoisotopic (exact) mass is 672 g/mol. The number of carbonyl (C=O) groups is 3. The van der Waals surface area contributed by atoms with Gasteiger partial charge in [-0.25, -0.2) is 0 Å². The molecule has 0 radical (unpaired) electrons. The molecule has 0 aromatic heterocycles. The van der Waals surface area contributed by atoms with Crippen molar-refractivity contribution < 1.29 is 38.1 Å². The third kappa shape index (κ3) is 9.52. The van der Waals surface area contributed by atoms with Gasteiger partial charge in [-0.2, -0.15) is 0 Å². The second kappa shape index (κ2) is 18.8. The number of ether oxygens (including phenoxy) is 5. The first-order valence-electron chi connectivity index (χ1n) is 17.0. The lowest BCUT2D eigenvalue weighted by Gasteiger charge is -2.21. The molecule has 3 rings (SSSR count). The van der Waals surface area contributed by atoms with Crippen molar-refractivity contribution in [2.75, 3.05) is 35.0 Å². The Hall–Kier alpha value is -4.59. The van der Waals surface area contributed by atoms with E-state index in [1.807, 2.05) is 31.2 Å². The molecule has 0 heterocycles. The Kier molecular flexibility index (Phi) is 14.9. The van der Waals surface area contributed by atoms with Crippen LogP contribution in [0.25, 0.3) is 17.2 Å². The second-order valence-electron chi connectivity index (χ2n) is 12.2. The predicted molar refractivity (Wildman–Crippen MR) is 195 cm³/mol.